The summed E-state index contributed by atoms with van der Waals surface area (Å²) < 4.78 is 11.1. The first-order valence-corrected chi connectivity index (χ1v) is 10.3. The van der Waals surface area contributed by atoms with Gasteiger partial charge in [-0.1, -0.05) is 67.6 Å². The third kappa shape index (κ3) is 8.22. The second-order valence-electron chi connectivity index (χ2n) is 7.30. The van der Waals surface area contributed by atoms with Crippen molar-refractivity contribution < 1.29 is 29.0 Å². The van der Waals surface area contributed by atoms with Gasteiger partial charge in [0.05, 0.1) is 13.2 Å². The number of aliphatic carboxylic acids is 1. The lowest BCUT2D eigenvalue weighted by Gasteiger charge is -2.32. The van der Waals surface area contributed by atoms with Crippen LogP contribution in [0, 0.1) is 5.92 Å². The molecule has 2 aromatic carbocycles. The van der Waals surface area contributed by atoms with Crippen LogP contribution in [0.4, 0.5) is 4.79 Å². The molecule has 0 fully saturated rings. The fourth-order valence-corrected chi connectivity index (χ4v) is 3.20. The molecule has 0 bridgehead atoms. The largest absolute Gasteiger partial charge is 0.480 e. The highest BCUT2D eigenvalue weighted by molar-refractivity contribution is 5.80. The van der Waals surface area contributed by atoms with Gasteiger partial charge in [-0.05, 0) is 17.5 Å². The van der Waals surface area contributed by atoms with E-state index in [1.807, 2.05) is 60.7 Å². The van der Waals surface area contributed by atoms with Crippen LogP contribution in [0.3, 0.4) is 0 Å². The zero-order valence-corrected chi connectivity index (χ0v) is 17.7. The molecule has 0 heterocycles. The van der Waals surface area contributed by atoms with E-state index in [1.54, 1.807) is 6.92 Å². The van der Waals surface area contributed by atoms with Crippen molar-refractivity contribution >= 4 is 18.3 Å². The van der Waals surface area contributed by atoms with Gasteiger partial charge in [0.1, 0.15) is 18.9 Å². The average Bonchev–Trinajstić information content (AvgIpc) is 2.78. The molecule has 0 aliphatic heterocycles. The highest BCUT2D eigenvalue weighted by atomic mass is 16.6. The van der Waals surface area contributed by atoms with Crippen LogP contribution in [0.15, 0.2) is 60.7 Å². The van der Waals surface area contributed by atoms with Crippen LogP contribution in [-0.4, -0.2) is 47.5 Å². The first kappa shape index (κ1) is 24.1. The molecule has 1 amide bonds. The maximum atomic E-state index is 12.8. The number of benzene rings is 2. The van der Waals surface area contributed by atoms with Crippen molar-refractivity contribution in [2.45, 2.75) is 39.0 Å². The molecule has 2 atom stereocenters. The Morgan fingerprint density at radius 3 is 2.13 bits per heavy atom. The zero-order chi connectivity index (χ0) is 22.5. The number of nitrogens with zero attached hydrogens (tertiary/aromatic N) is 1. The van der Waals surface area contributed by atoms with Gasteiger partial charge in [-0.2, -0.15) is 0 Å². The van der Waals surface area contributed by atoms with E-state index in [2.05, 4.69) is 0 Å². The Labute approximate surface area is 182 Å². The monoisotopic (exact) mass is 427 g/mol. The van der Waals surface area contributed by atoms with Crippen LogP contribution in [0.25, 0.3) is 0 Å². The van der Waals surface area contributed by atoms with Crippen molar-refractivity contribution in [2.75, 3.05) is 13.2 Å². The Kier molecular flexibility index (Phi) is 10.2. The maximum Gasteiger partial charge on any atom is 0.410 e. The predicted octanol–water partition coefficient (Wildman–Crippen LogP) is 3.91. The number of carboxylic acids is 1. The van der Waals surface area contributed by atoms with E-state index >= 15 is 0 Å². The van der Waals surface area contributed by atoms with Gasteiger partial charge in [0.25, 0.3) is 0 Å². The molecular formula is C24H29NO6. The van der Waals surface area contributed by atoms with Gasteiger partial charge < -0.3 is 19.4 Å². The number of hydrogen-bond acceptors (Lipinski definition) is 5. The summed E-state index contributed by atoms with van der Waals surface area (Å²) in [5.74, 6) is -1.62. The Balaban J connectivity index is 2.03. The van der Waals surface area contributed by atoms with Gasteiger partial charge in [0.2, 0.25) is 0 Å². The van der Waals surface area contributed by atoms with Crippen molar-refractivity contribution in [3.63, 3.8) is 0 Å². The van der Waals surface area contributed by atoms with Gasteiger partial charge in [-0.3, -0.25) is 4.90 Å². The second kappa shape index (κ2) is 13.2. The molecule has 2 rings (SSSR count). The molecule has 7 heteroatoms. The van der Waals surface area contributed by atoms with E-state index in [1.165, 1.54) is 4.90 Å². The summed E-state index contributed by atoms with van der Waals surface area (Å²) in [6.45, 7) is 2.37. The number of unbranched alkanes of at least 4 members (excludes halogenated alkanes) is 1. The van der Waals surface area contributed by atoms with Crippen molar-refractivity contribution in [1.29, 1.82) is 0 Å². The summed E-state index contributed by atoms with van der Waals surface area (Å²) in [4.78, 5) is 36.7. The number of amides is 1. The van der Waals surface area contributed by atoms with Crippen molar-refractivity contribution in [1.82, 2.24) is 4.90 Å². The smallest absolute Gasteiger partial charge is 0.410 e. The summed E-state index contributed by atoms with van der Waals surface area (Å²) in [6.07, 6.45) is 0.603. The van der Waals surface area contributed by atoms with Crippen molar-refractivity contribution in [3.8, 4) is 0 Å². The van der Waals surface area contributed by atoms with Crippen LogP contribution in [0.1, 0.15) is 30.9 Å². The highest BCUT2D eigenvalue weighted by Gasteiger charge is 2.35. The molecule has 7 nitrogen and oxygen atoms in total. The molecule has 166 valence electrons. The molecule has 0 saturated heterocycles. The fourth-order valence-electron chi connectivity index (χ4n) is 3.20. The lowest BCUT2D eigenvalue weighted by Crippen LogP contribution is -2.50. The molecule has 0 aliphatic rings. The van der Waals surface area contributed by atoms with Gasteiger partial charge in [-0.25, -0.2) is 9.59 Å². The third-order valence-corrected chi connectivity index (χ3v) is 4.78. The van der Waals surface area contributed by atoms with E-state index in [9.17, 15) is 19.5 Å². The number of hydrogen-bond donors (Lipinski definition) is 1. The molecule has 0 aliphatic carbocycles. The minimum atomic E-state index is -1.14. The van der Waals surface area contributed by atoms with Crippen LogP contribution in [-0.2, 0) is 32.3 Å². The van der Waals surface area contributed by atoms with E-state index < -0.39 is 24.0 Å². The molecule has 0 spiro atoms. The number of ether oxygens (including phenoxy) is 2. The number of aldehydes is 1. The number of carboxylic acid groups (broad SMARTS) is 1. The molecule has 0 aromatic heterocycles. The van der Waals surface area contributed by atoms with Crippen LogP contribution in [0.2, 0.25) is 0 Å². The SMILES string of the molecule is CC(COCc1ccccc1)[C@@H](C(=O)O)N(CCCC=O)C(=O)OCc1ccccc1. The summed E-state index contributed by atoms with van der Waals surface area (Å²) in [5.41, 5.74) is 1.78. The summed E-state index contributed by atoms with van der Waals surface area (Å²) in [7, 11) is 0. The van der Waals surface area contributed by atoms with Crippen LogP contribution in [0.5, 0.6) is 0 Å². The van der Waals surface area contributed by atoms with Crippen molar-refractivity contribution in [3.05, 3.63) is 71.8 Å². The second-order valence-corrected chi connectivity index (χ2v) is 7.30. The van der Waals surface area contributed by atoms with E-state index in [0.717, 1.165) is 17.4 Å². The Morgan fingerprint density at radius 2 is 1.58 bits per heavy atom. The molecule has 1 unspecified atom stereocenters. The minimum absolute atomic E-state index is 0.0368. The number of carbonyl (C=O) groups excluding carboxylic acids is 2. The molecule has 2 aromatic rings. The van der Waals surface area contributed by atoms with Gasteiger partial charge >= 0.3 is 12.1 Å². The van der Waals surface area contributed by atoms with Crippen molar-refractivity contribution in [2.24, 2.45) is 5.92 Å². The first-order chi connectivity index (χ1) is 15.0. The predicted molar refractivity (Wildman–Crippen MR) is 115 cm³/mol. The maximum absolute atomic E-state index is 12.8. The summed E-state index contributed by atoms with van der Waals surface area (Å²) in [6, 6.07) is 17.6. The topological polar surface area (TPSA) is 93.1 Å². The van der Waals surface area contributed by atoms with Crippen LogP contribution >= 0.6 is 0 Å². The fraction of sp³-hybridized carbons (Fsp3) is 0.375. The lowest BCUT2D eigenvalue weighted by molar-refractivity contribution is -0.145. The quantitative estimate of drug-likeness (QED) is 0.385. The van der Waals surface area contributed by atoms with Gasteiger partial charge in [-0.15, -0.1) is 0 Å². The Bertz CT molecular complexity index is 811. The lowest BCUT2D eigenvalue weighted by atomic mass is 10.0. The summed E-state index contributed by atoms with van der Waals surface area (Å²) in [5, 5.41) is 9.85. The molecule has 0 radical (unpaired) electrons. The number of carbonyl (C=O) groups is 3. The van der Waals surface area contributed by atoms with E-state index in [0.29, 0.717) is 13.0 Å². The average molecular weight is 427 g/mol. The molecular weight excluding hydrogens is 398 g/mol. The molecule has 0 saturated carbocycles. The highest BCUT2D eigenvalue weighted by Crippen LogP contribution is 2.17. The Morgan fingerprint density at radius 1 is 1.00 bits per heavy atom. The molecule has 31 heavy (non-hydrogen) atoms. The zero-order valence-electron chi connectivity index (χ0n) is 17.7. The molecule has 1 N–H and O–H groups in total. The first-order valence-electron chi connectivity index (χ1n) is 10.3. The van der Waals surface area contributed by atoms with E-state index in [-0.39, 0.29) is 26.2 Å². The normalized spacial score (nSPS) is 12.5. The Hall–Kier alpha value is -3.19. The van der Waals surface area contributed by atoms with Gasteiger partial charge in [0, 0.05) is 18.9 Å². The van der Waals surface area contributed by atoms with E-state index in [4.69, 9.17) is 9.47 Å². The third-order valence-electron chi connectivity index (χ3n) is 4.78. The standard InChI is InChI=1S/C24H29NO6/c1-19(16-30-17-20-10-4-2-5-11-20)22(23(27)28)25(14-8-9-15-26)24(29)31-18-21-12-6-3-7-13-21/h2-7,10-13,15,19,22H,8-9,14,16-18H2,1H3,(H,27,28)/t19?,22-/m0/s1. The summed E-state index contributed by atoms with van der Waals surface area (Å²) >= 11 is 0. The van der Waals surface area contributed by atoms with Crippen LogP contribution < -0.4 is 0 Å². The van der Waals surface area contributed by atoms with Gasteiger partial charge in [0.15, 0.2) is 0 Å². The minimum Gasteiger partial charge on any atom is -0.480 e. The number of rotatable bonds is 13.